The molecule has 15 atom stereocenters. The van der Waals surface area contributed by atoms with Gasteiger partial charge in [0, 0.05) is 34.6 Å². The minimum absolute atomic E-state index is 0.0140. The van der Waals surface area contributed by atoms with Crippen molar-refractivity contribution >= 4 is 29.8 Å². The summed E-state index contributed by atoms with van der Waals surface area (Å²) < 4.78 is 91.6. The van der Waals surface area contributed by atoms with Crippen LogP contribution in [0, 0.1) is 0 Å². The number of carbonyl (C=O) groups excluding carboxylic acids is 5. The number of amides is 1. The predicted molar refractivity (Wildman–Crippen MR) is 295 cm³/mol. The van der Waals surface area contributed by atoms with Gasteiger partial charge in [0.1, 0.15) is 55.4 Å². The lowest BCUT2D eigenvalue weighted by Gasteiger charge is -2.51. The van der Waals surface area contributed by atoms with E-state index in [1.54, 1.807) is 0 Å². The quantitative estimate of drug-likeness (QED) is 0.0434. The topological polar surface area (TPSA) is 227 Å². The Labute approximate surface area is 483 Å². The van der Waals surface area contributed by atoms with E-state index in [2.05, 4.69) is 5.32 Å². The summed E-state index contributed by atoms with van der Waals surface area (Å²) in [6, 6.07) is 46.3. The van der Waals surface area contributed by atoms with E-state index >= 15 is 0 Å². The van der Waals surface area contributed by atoms with E-state index in [0.717, 1.165) is 48.6 Å². The Morgan fingerprint density at radius 1 is 0.386 bits per heavy atom. The van der Waals surface area contributed by atoms with Crippen LogP contribution in [0.15, 0.2) is 152 Å². The average molecular weight is 1150 g/mol. The maximum atomic E-state index is 13.7. The van der Waals surface area contributed by atoms with Crippen molar-refractivity contribution in [2.24, 2.45) is 0 Å². The Balaban J connectivity index is 1.26. The molecule has 0 aromatic heterocycles. The summed E-state index contributed by atoms with van der Waals surface area (Å²) in [6.07, 6.45) is -18.2. The molecule has 3 heterocycles. The van der Waals surface area contributed by atoms with E-state index in [9.17, 15) is 24.0 Å². The molecular formula is C63H73NO19. The maximum absolute atomic E-state index is 13.7. The highest BCUT2D eigenvalue weighted by molar-refractivity contribution is 5.73. The fraction of sp³-hybridized carbons (Fsp3) is 0.444. The first-order valence-corrected chi connectivity index (χ1v) is 27.6. The van der Waals surface area contributed by atoms with Crippen LogP contribution in [0.25, 0.3) is 0 Å². The number of hydrogen-bond donors (Lipinski definition) is 1. The molecule has 20 nitrogen and oxygen atoms in total. The lowest BCUT2D eigenvalue weighted by molar-refractivity contribution is -0.380. The number of hydrogen-bond acceptors (Lipinski definition) is 19. The smallest absolute Gasteiger partial charge is 0.303 e. The van der Waals surface area contributed by atoms with E-state index in [0.29, 0.717) is 0 Å². The van der Waals surface area contributed by atoms with Crippen LogP contribution in [0.3, 0.4) is 0 Å². The SMILES string of the molecule is CC(=O)NC1C(OCc2ccccc2)OC(COCc2ccccc2)C(OC2OC(C)C(OCc3ccccc3)C(OCc3ccccc3)C2OCc2ccccc2)C1OC1OC(COC(C)=O)C(OC(C)=O)C(OC(C)=O)C1OC(C)=O. The van der Waals surface area contributed by atoms with Crippen molar-refractivity contribution in [1.82, 2.24) is 5.32 Å². The highest BCUT2D eigenvalue weighted by Gasteiger charge is 2.58. The first-order valence-electron chi connectivity index (χ1n) is 27.6. The van der Waals surface area contributed by atoms with Crippen molar-refractivity contribution in [3.63, 3.8) is 0 Å². The van der Waals surface area contributed by atoms with Gasteiger partial charge in [0.25, 0.3) is 0 Å². The molecule has 83 heavy (non-hydrogen) atoms. The third-order valence-corrected chi connectivity index (χ3v) is 13.8. The first-order chi connectivity index (χ1) is 40.2. The van der Waals surface area contributed by atoms with Crippen molar-refractivity contribution in [3.8, 4) is 0 Å². The van der Waals surface area contributed by atoms with Gasteiger partial charge in [-0.1, -0.05) is 152 Å². The van der Waals surface area contributed by atoms with Crippen LogP contribution in [0.5, 0.6) is 0 Å². The van der Waals surface area contributed by atoms with Crippen LogP contribution in [0.2, 0.25) is 0 Å². The van der Waals surface area contributed by atoms with Gasteiger partial charge in [0.15, 0.2) is 37.2 Å². The van der Waals surface area contributed by atoms with Gasteiger partial charge in [0.05, 0.1) is 45.7 Å². The van der Waals surface area contributed by atoms with Crippen molar-refractivity contribution in [1.29, 1.82) is 0 Å². The lowest BCUT2D eigenvalue weighted by Crippen LogP contribution is -2.70. The van der Waals surface area contributed by atoms with Gasteiger partial charge in [-0.2, -0.15) is 0 Å². The van der Waals surface area contributed by atoms with Gasteiger partial charge in [0.2, 0.25) is 5.91 Å². The molecule has 15 unspecified atom stereocenters. The van der Waals surface area contributed by atoms with E-state index in [1.807, 2.05) is 159 Å². The molecule has 3 aliphatic heterocycles. The summed E-state index contributed by atoms with van der Waals surface area (Å²) in [4.78, 5) is 65.1. The van der Waals surface area contributed by atoms with Crippen LogP contribution in [0.4, 0.5) is 0 Å². The zero-order valence-electron chi connectivity index (χ0n) is 47.3. The molecule has 5 aromatic rings. The lowest BCUT2D eigenvalue weighted by atomic mass is 9.94. The zero-order valence-corrected chi connectivity index (χ0v) is 47.3. The summed E-state index contributed by atoms with van der Waals surface area (Å²) >= 11 is 0. The van der Waals surface area contributed by atoms with Crippen molar-refractivity contribution in [3.05, 3.63) is 179 Å². The van der Waals surface area contributed by atoms with Gasteiger partial charge >= 0.3 is 23.9 Å². The number of ether oxygens (including phenoxy) is 14. The van der Waals surface area contributed by atoms with E-state index < -0.39 is 128 Å². The number of benzene rings is 5. The molecule has 0 bridgehead atoms. The van der Waals surface area contributed by atoms with Crippen molar-refractivity contribution in [2.45, 2.75) is 167 Å². The zero-order chi connectivity index (χ0) is 58.7. The molecule has 5 aromatic carbocycles. The largest absolute Gasteiger partial charge is 0.463 e. The summed E-state index contributed by atoms with van der Waals surface area (Å²) in [6.45, 7) is 7.44. The van der Waals surface area contributed by atoms with Crippen molar-refractivity contribution in [2.75, 3.05) is 13.2 Å². The minimum Gasteiger partial charge on any atom is -0.463 e. The number of nitrogens with one attached hydrogen (secondary N) is 1. The molecule has 0 aliphatic carbocycles. The maximum Gasteiger partial charge on any atom is 0.303 e. The number of esters is 4. The number of carbonyl (C=O) groups is 5. The van der Waals surface area contributed by atoms with Crippen LogP contribution < -0.4 is 5.32 Å². The van der Waals surface area contributed by atoms with E-state index in [1.165, 1.54) is 13.8 Å². The predicted octanol–water partition coefficient (Wildman–Crippen LogP) is 7.00. The van der Waals surface area contributed by atoms with Gasteiger partial charge in [-0.3, -0.25) is 24.0 Å². The Hall–Kier alpha value is -6.95. The Kier molecular flexibility index (Phi) is 23.3. The molecule has 1 amide bonds. The van der Waals surface area contributed by atoms with E-state index in [4.69, 9.17) is 66.3 Å². The fourth-order valence-electron chi connectivity index (χ4n) is 10.1. The standard InChI is InChI=1S/C63H73NO19/c1-39-53(72-33-46-24-14-8-15-25-46)57(73-34-47-26-16-9-17-27-47)59(74-35-48-28-18-10-19-29-48)62(76-39)82-54-50(37-70-32-45-22-12-7-13-23-45)80-61(75-36-49-30-20-11-21-31-49)52(64-40(2)65)56(54)83-63-60(79-44(6)69)58(78-43(5)68)55(77-42(4)67)51(81-63)38-71-41(3)66/h7-31,39,50-63H,32-38H2,1-6H3,(H,64,65). The molecule has 1 N–H and O–H groups in total. The van der Waals surface area contributed by atoms with Crippen LogP contribution in [0.1, 0.15) is 69.4 Å². The molecule has 3 fully saturated rings. The molecule has 3 aliphatic rings. The Bertz CT molecular complexity index is 2800. The molecule has 444 valence electrons. The molecule has 0 spiro atoms. The second-order valence-corrected chi connectivity index (χ2v) is 20.3. The minimum atomic E-state index is -1.78. The van der Waals surface area contributed by atoms with Gasteiger partial charge < -0.3 is 71.6 Å². The van der Waals surface area contributed by atoms with Crippen LogP contribution >= 0.6 is 0 Å². The third-order valence-electron chi connectivity index (χ3n) is 13.8. The molecular weight excluding hydrogens is 1070 g/mol. The Morgan fingerprint density at radius 2 is 0.783 bits per heavy atom. The number of rotatable bonds is 26. The normalized spacial score (nSPS) is 27.8. The summed E-state index contributed by atoms with van der Waals surface area (Å²) in [5.41, 5.74) is 4.23. The van der Waals surface area contributed by atoms with Gasteiger partial charge in [-0.15, -0.1) is 0 Å². The highest BCUT2D eigenvalue weighted by atomic mass is 16.8. The van der Waals surface area contributed by atoms with Crippen molar-refractivity contribution < 1.29 is 90.3 Å². The second kappa shape index (κ2) is 31.1. The Morgan fingerprint density at radius 3 is 1.27 bits per heavy atom. The summed E-state index contributed by atoms with van der Waals surface area (Å²) in [7, 11) is 0. The molecule has 0 radical (unpaired) electrons. The van der Waals surface area contributed by atoms with E-state index in [-0.39, 0.29) is 39.6 Å². The second-order valence-electron chi connectivity index (χ2n) is 20.3. The van der Waals surface area contributed by atoms with Gasteiger partial charge in [-0.05, 0) is 34.7 Å². The van der Waals surface area contributed by atoms with Crippen LogP contribution in [-0.4, -0.2) is 135 Å². The molecule has 20 heteroatoms. The average Bonchev–Trinajstić information content (AvgIpc) is 3.63. The summed E-state index contributed by atoms with van der Waals surface area (Å²) in [5.74, 6) is -3.81. The fourth-order valence-corrected chi connectivity index (χ4v) is 10.1. The van der Waals surface area contributed by atoms with Crippen LogP contribution in [-0.2, 0) is 123 Å². The summed E-state index contributed by atoms with van der Waals surface area (Å²) in [5, 5.41) is 2.98. The third kappa shape index (κ3) is 18.3. The monoisotopic (exact) mass is 1150 g/mol. The molecule has 3 saturated heterocycles. The molecule has 0 saturated carbocycles. The molecule has 8 rings (SSSR count). The first kappa shape index (κ1) is 62.1. The highest BCUT2D eigenvalue weighted by Crippen LogP contribution is 2.38. The van der Waals surface area contributed by atoms with Gasteiger partial charge in [-0.25, -0.2) is 0 Å².